The smallest absolute Gasteiger partial charge is 0.234 e. The van der Waals surface area contributed by atoms with Crippen LogP contribution in [0.1, 0.15) is 17.7 Å². The van der Waals surface area contributed by atoms with Crippen molar-refractivity contribution in [3.8, 4) is 0 Å². The van der Waals surface area contributed by atoms with E-state index < -0.39 is 0 Å². The monoisotopic (exact) mass is 268 g/mol. The van der Waals surface area contributed by atoms with Gasteiger partial charge in [0.1, 0.15) is 0 Å². The number of hydrogen-bond donors (Lipinski definition) is 1. The highest BCUT2D eigenvalue weighted by Gasteiger charge is 2.20. The summed E-state index contributed by atoms with van der Waals surface area (Å²) < 4.78 is 5.32. The first-order valence-electron chi connectivity index (χ1n) is 6.32. The van der Waals surface area contributed by atoms with Gasteiger partial charge < -0.3 is 10.1 Å². The summed E-state index contributed by atoms with van der Waals surface area (Å²) in [5.74, 6) is 0.110. The van der Waals surface area contributed by atoms with E-state index >= 15 is 0 Å². The number of amides is 1. The normalized spacial score (nSPS) is 17.8. The fourth-order valence-corrected chi connectivity index (χ4v) is 2.81. The van der Waals surface area contributed by atoms with Gasteiger partial charge in [0.05, 0.1) is 19.2 Å². The van der Waals surface area contributed by atoms with Crippen molar-refractivity contribution in [1.82, 2.24) is 10.2 Å². The summed E-state index contributed by atoms with van der Waals surface area (Å²) in [5, 5.41) is 4.98. The number of thiophene rings is 1. The second-order valence-corrected chi connectivity index (χ2v) is 5.60. The van der Waals surface area contributed by atoms with E-state index in [9.17, 15) is 4.79 Å². The predicted molar refractivity (Wildman–Crippen MR) is 72.6 cm³/mol. The third kappa shape index (κ3) is 4.08. The number of carbonyl (C=O) groups is 1. The molecule has 1 aromatic rings. The Labute approximate surface area is 112 Å². The van der Waals surface area contributed by atoms with Crippen molar-refractivity contribution in [1.29, 1.82) is 0 Å². The molecule has 100 valence electrons. The summed E-state index contributed by atoms with van der Waals surface area (Å²) in [4.78, 5) is 15.2. The van der Waals surface area contributed by atoms with E-state index in [1.807, 2.05) is 17.5 Å². The lowest BCUT2D eigenvalue weighted by Crippen LogP contribution is -2.42. The number of carbonyl (C=O) groups excluding carboxylic acids is 1. The molecular formula is C13H20N2O2S. The molecule has 1 N–H and O–H groups in total. The van der Waals surface area contributed by atoms with Gasteiger partial charge in [0.2, 0.25) is 5.91 Å². The Morgan fingerprint density at radius 2 is 2.33 bits per heavy atom. The zero-order chi connectivity index (χ0) is 12.8. The number of likely N-dealkylation sites (tertiary alicyclic amines) is 1. The second kappa shape index (κ2) is 6.87. The van der Waals surface area contributed by atoms with E-state index in [1.54, 1.807) is 18.4 Å². The lowest BCUT2D eigenvalue weighted by Gasteiger charge is -2.30. The highest BCUT2D eigenvalue weighted by atomic mass is 32.1. The van der Waals surface area contributed by atoms with Crippen LogP contribution in [0.15, 0.2) is 17.5 Å². The highest BCUT2D eigenvalue weighted by Crippen LogP contribution is 2.12. The second-order valence-electron chi connectivity index (χ2n) is 4.57. The minimum absolute atomic E-state index is 0.110. The average Bonchev–Trinajstić information content (AvgIpc) is 2.90. The molecule has 1 saturated heterocycles. The summed E-state index contributed by atoms with van der Waals surface area (Å²) >= 11 is 1.67. The van der Waals surface area contributed by atoms with Gasteiger partial charge in [-0.25, -0.2) is 0 Å². The van der Waals surface area contributed by atoms with E-state index in [-0.39, 0.29) is 5.91 Å². The Bertz CT molecular complexity index is 359. The standard InChI is InChI=1S/C13H20N2O2S/c1-17-11-4-6-15(7-5-11)10-13(16)14-9-12-3-2-8-18-12/h2-3,8,11H,4-7,9-10H2,1H3,(H,14,16). The van der Waals surface area contributed by atoms with Crippen molar-refractivity contribution in [2.45, 2.75) is 25.5 Å². The Hall–Kier alpha value is -0.910. The predicted octanol–water partition coefficient (Wildman–Crippen LogP) is 1.48. The van der Waals surface area contributed by atoms with Crippen LogP contribution in [0.4, 0.5) is 0 Å². The molecule has 0 bridgehead atoms. The molecule has 0 unspecified atom stereocenters. The van der Waals surface area contributed by atoms with Crippen molar-refractivity contribution in [2.75, 3.05) is 26.7 Å². The Morgan fingerprint density at radius 1 is 1.56 bits per heavy atom. The number of rotatable bonds is 5. The van der Waals surface area contributed by atoms with Gasteiger partial charge in [-0.2, -0.15) is 0 Å². The van der Waals surface area contributed by atoms with E-state index in [2.05, 4.69) is 10.2 Å². The SMILES string of the molecule is COC1CCN(CC(=O)NCc2cccs2)CC1. The number of ether oxygens (including phenoxy) is 1. The third-order valence-corrected chi connectivity index (χ3v) is 4.15. The molecule has 0 spiro atoms. The fraction of sp³-hybridized carbons (Fsp3) is 0.615. The van der Waals surface area contributed by atoms with Crippen molar-refractivity contribution >= 4 is 17.2 Å². The van der Waals surface area contributed by atoms with Gasteiger partial charge in [-0.05, 0) is 24.3 Å². The fourth-order valence-electron chi connectivity index (χ4n) is 2.16. The van der Waals surface area contributed by atoms with Gasteiger partial charge in [-0.3, -0.25) is 9.69 Å². The molecule has 18 heavy (non-hydrogen) atoms. The molecule has 1 aromatic heterocycles. The quantitative estimate of drug-likeness (QED) is 0.879. The molecule has 0 saturated carbocycles. The summed E-state index contributed by atoms with van der Waals surface area (Å²) in [5.41, 5.74) is 0. The number of nitrogens with one attached hydrogen (secondary N) is 1. The first kappa shape index (κ1) is 13.5. The van der Waals surface area contributed by atoms with Crippen molar-refractivity contribution in [3.05, 3.63) is 22.4 Å². The van der Waals surface area contributed by atoms with Gasteiger partial charge in [0, 0.05) is 25.1 Å². The van der Waals surface area contributed by atoms with Crippen LogP contribution in [-0.4, -0.2) is 43.7 Å². The lowest BCUT2D eigenvalue weighted by molar-refractivity contribution is -0.123. The summed E-state index contributed by atoms with van der Waals surface area (Å²) in [6.07, 6.45) is 2.42. The summed E-state index contributed by atoms with van der Waals surface area (Å²) in [6, 6.07) is 4.04. The first-order chi connectivity index (χ1) is 8.78. The minimum Gasteiger partial charge on any atom is -0.381 e. The molecule has 2 heterocycles. The van der Waals surface area contributed by atoms with Gasteiger partial charge >= 0.3 is 0 Å². The minimum atomic E-state index is 0.110. The van der Waals surface area contributed by atoms with Gasteiger partial charge in [0.15, 0.2) is 0 Å². The molecule has 1 fully saturated rings. The molecular weight excluding hydrogens is 248 g/mol. The van der Waals surface area contributed by atoms with Gasteiger partial charge in [0.25, 0.3) is 0 Å². The van der Waals surface area contributed by atoms with Crippen LogP contribution in [0.2, 0.25) is 0 Å². The number of methoxy groups -OCH3 is 1. The maximum Gasteiger partial charge on any atom is 0.234 e. The van der Waals surface area contributed by atoms with E-state index in [0.29, 0.717) is 19.2 Å². The Kier molecular flexibility index (Phi) is 5.16. The number of hydrogen-bond acceptors (Lipinski definition) is 4. The van der Waals surface area contributed by atoms with Crippen LogP contribution >= 0.6 is 11.3 Å². The topological polar surface area (TPSA) is 41.6 Å². The molecule has 1 amide bonds. The van der Waals surface area contributed by atoms with Crippen LogP contribution in [0, 0.1) is 0 Å². The van der Waals surface area contributed by atoms with Crippen LogP contribution in [0.3, 0.4) is 0 Å². The maximum atomic E-state index is 11.8. The molecule has 1 aliphatic heterocycles. The van der Waals surface area contributed by atoms with Crippen LogP contribution in [0.5, 0.6) is 0 Å². The molecule has 5 heteroatoms. The van der Waals surface area contributed by atoms with Crippen LogP contribution in [-0.2, 0) is 16.1 Å². The summed E-state index contributed by atoms with van der Waals surface area (Å²) in [6.45, 7) is 3.04. The summed E-state index contributed by atoms with van der Waals surface area (Å²) in [7, 11) is 1.76. The van der Waals surface area contributed by atoms with Crippen LogP contribution in [0.25, 0.3) is 0 Å². The maximum absolute atomic E-state index is 11.8. The largest absolute Gasteiger partial charge is 0.381 e. The van der Waals surface area contributed by atoms with E-state index in [0.717, 1.165) is 25.9 Å². The molecule has 1 aliphatic rings. The number of nitrogens with zero attached hydrogens (tertiary/aromatic N) is 1. The molecule has 4 nitrogen and oxygen atoms in total. The lowest BCUT2D eigenvalue weighted by atomic mass is 10.1. The third-order valence-electron chi connectivity index (χ3n) is 3.28. The van der Waals surface area contributed by atoms with Crippen LogP contribution < -0.4 is 5.32 Å². The van der Waals surface area contributed by atoms with E-state index in [1.165, 1.54) is 4.88 Å². The van der Waals surface area contributed by atoms with E-state index in [4.69, 9.17) is 4.74 Å². The number of piperidine rings is 1. The molecule has 0 aliphatic carbocycles. The van der Waals surface area contributed by atoms with Crippen molar-refractivity contribution in [3.63, 3.8) is 0 Å². The van der Waals surface area contributed by atoms with Crippen molar-refractivity contribution in [2.24, 2.45) is 0 Å². The molecule has 2 rings (SSSR count). The first-order valence-corrected chi connectivity index (χ1v) is 7.20. The highest BCUT2D eigenvalue weighted by molar-refractivity contribution is 7.09. The molecule has 0 atom stereocenters. The van der Waals surface area contributed by atoms with Gasteiger partial charge in [-0.15, -0.1) is 11.3 Å². The van der Waals surface area contributed by atoms with Gasteiger partial charge in [-0.1, -0.05) is 6.07 Å². The zero-order valence-electron chi connectivity index (χ0n) is 10.7. The van der Waals surface area contributed by atoms with Crippen molar-refractivity contribution < 1.29 is 9.53 Å². The molecule has 0 aromatic carbocycles. The molecule has 0 radical (unpaired) electrons. The Balaban J connectivity index is 1.65. The average molecular weight is 268 g/mol. The Morgan fingerprint density at radius 3 is 2.94 bits per heavy atom. The zero-order valence-corrected chi connectivity index (χ0v) is 11.5.